The Hall–Kier alpha value is -3.00. The first-order valence-corrected chi connectivity index (χ1v) is 11.6. The first-order valence-electron chi connectivity index (χ1n) is 11.6. The van der Waals surface area contributed by atoms with E-state index in [1.165, 1.54) is 31.4 Å². The standard InChI is InChI=1S/C24H27FN6O/c25-20-11-18(23(32)12-17(20)19-13-26-31-9-2-5-22(19)31)21-6-7-24(29-28-21)30-10-8-16(14-30)27-15-3-1-4-15/h6-7,11-13,15-16,27,32H,1-5,8-10,14H2/t16-/m1/s1. The number of anilines is 1. The Kier molecular flexibility index (Phi) is 4.82. The highest BCUT2D eigenvalue weighted by Crippen LogP contribution is 2.37. The molecule has 3 aromatic rings. The lowest BCUT2D eigenvalue weighted by molar-refractivity contribution is 0.311. The normalized spacial score (nSPS) is 20.5. The number of nitrogens with zero attached hydrogens (tertiary/aromatic N) is 5. The molecule has 6 rings (SSSR count). The number of phenols is 1. The summed E-state index contributed by atoms with van der Waals surface area (Å²) in [5, 5.41) is 27.4. The van der Waals surface area contributed by atoms with Gasteiger partial charge in [-0.25, -0.2) is 4.39 Å². The van der Waals surface area contributed by atoms with Gasteiger partial charge in [0.15, 0.2) is 5.82 Å². The zero-order chi connectivity index (χ0) is 21.7. The number of halogens is 1. The van der Waals surface area contributed by atoms with Crippen LogP contribution >= 0.6 is 0 Å². The molecule has 0 radical (unpaired) electrons. The van der Waals surface area contributed by atoms with Gasteiger partial charge >= 0.3 is 0 Å². The molecule has 2 aromatic heterocycles. The zero-order valence-corrected chi connectivity index (χ0v) is 18.0. The number of nitrogens with one attached hydrogen (secondary N) is 1. The van der Waals surface area contributed by atoms with Crippen molar-refractivity contribution in [3.63, 3.8) is 0 Å². The third-order valence-corrected chi connectivity index (χ3v) is 7.12. The fraction of sp³-hybridized carbons (Fsp3) is 0.458. The van der Waals surface area contributed by atoms with Gasteiger partial charge in [-0.05, 0) is 56.4 Å². The van der Waals surface area contributed by atoms with Crippen molar-refractivity contribution in [3.8, 4) is 28.1 Å². The minimum atomic E-state index is -0.393. The number of hydrogen-bond acceptors (Lipinski definition) is 6. The van der Waals surface area contributed by atoms with Crippen LogP contribution in [0.15, 0.2) is 30.5 Å². The molecule has 1 saturated heterocycles. The summed E-state index contributed by atoms with van der Waals surface area (Å²) in [6, 6.07) is 7.72. The van der Waals surface area contributed by atoms with Crippen molar-refractivity contribution in [1.82, 2.24) is 25.3 Å². The Morgan fingerprint density at radius 2 is 1.88 bits per heavy atom. The quantitative estimate of drug-likeness (QED) is 0.640. The van der Waals surface area contributed by atoms with Crippen LogP contribution in [0.1, 0.15) is 37.8 Å². The van der Waals surface area contributed by atoms with Crippen LogP contribution in [0.2, 0.25) is 0 Å². The van der Waals surface area contributed by atoms with E-state index in [0.29, 0.717) is 28.9 Å². The summed E-state index contributed by atoms with van der Waals surface area (Å²) in [5.74, 6) is 0.418. The van der Waals surface area contributed by atoms with Gasteiger partial charge in [0.05, 0.1) is 11.9 Å². The highest BCUT2D eigenvalue weighted by atomic mass is 19.1. The maximum absolute atomic E-state index is 15.0. The average Bonchev–Trinajstić information content (AvgIpc) is 3.50. The molecule has 1 atom stereocenters. The van der Waals surface area contributed by atoms with E-state index < -0.39 is 5.82 Å². The third-order valence-electron chi connectivity index (χ3n) is 7.12. The number of phenolic OH excluding ortho intramolecular Hbond substituents is 1. The van der Waals surface area contributed by atoms with Gasteiger partial charge < -0.3 is 15.3 Å². The molecule has 4 heterocycles. The molecule has 3 aliphatic rings. The van der Waals surface area contributed by atoms with E-state index in [2.05, 4.69) is 25.5 Å². The number of aromatic hydroxyl groups is 1. The summed E-state index contributed by atoms with van der Waals surface area (Å²) in [7, 11) is 0. The van der Waals surface area contributed by atoms with Crippen molar-refractivity contribution in [2.75, 3.05) is 18.0 Å². The third kappa shape index (κ3) is 3.43. The van der Waals surface area contributed by atoms with E-state index in [0.717, 1.165) is 56.0 Å². The van der Waals surface area contributed by atoms with Crippen molar-refractivity contribution in [1.29, 1.82) is 0 Å². The Labute approximate surface area is 186 Å². The number of rotatable bonds is 5. The molecule has 0 spiro atoms. The number of fused-ring (bicyclic) bond motifs is 1. The van der Waals surface area contributed by atoms with E-state index >= 15 is 4.39 Å². The Bertz CT molecular complexity index is 1140. The molecule has 0 unspecified atom stereocenters. The fourth-order valence-corrected chi connectivity index (χ4v) is 5.11. The molecule has 0 amide bonds. The lowest BCUT2D eigenvalue weighted by Gasteiger charge is -2.29. The predicted octanol–water partition coefficient (Wildman–Crippen LogP) is 3.52. The van der Waals surface area contributed by atoms with Crippen molar-refractivity contribution in [2.24, 2.45) is 0 Å². The van der Waals surface area contributed by atoms with Crippen LogP contribution in [-0.4, -0.2) is 50.3 Å². The molecule has 2 aliphatic heterocycles. The zero-order valence-electron chi connectivity index (χ0n) is 18.0. The molecule has 2 fully saturated rings. The fourth-order valence-electron chi connectivity index (χ4n) is 5.11. The summed E-state index contributed by atoms with van der Waals surface area (Å²) in [6.45, 7) is 2.73. The minimum Gasteiger partial charge on any atom is -0.507 e. The van der Waals surface area contributed by atoms with Crippen LogP contribution in [0, 0.1) is 5.82 Å². The second-order valence-electron chi connectivity index (χ2n) is 9.18. The van der Waals surface area contributed by atoms with Crippen LogP contribution in [0.4, 0.5) is 10.2 Å². The summed E-state index contributed by atoms with van der Waals surface area (Å²) in [4.78, 5) is 2.23. The maximum Gasteiger partial charge on any atom is 0.151 e. The van der Waals surface area contributed by atoms with E-state index in [1.807, 2.05) is 10.7 Å². The summed E-state index contributed by atoms with van der Waals surface area (Å²) >= 11 is 0. The Morgan fingerprint density at radius 3 is 2.66 bits per heavy atom. The monoisotopic (exact) mass is 434 g/mol. The SMILES string of the molecule is Oc1cc(-c2cnn3c2CCC3)c(F)cc1-c1ccc(N2CC[C@@H](NC3CCC3)C2)nn1. The molecule has 7 nitrogen and oxygen atoms in total. The molecule has 2 N–H and O–H groups in total. The lowest BCUT2D eigenvalue weighted by Crippen LogP contribution is -2.43. The van der Waals surface area contributed by atoms with Crippen LogP contribution in [0.3, 0.4) is 0 Å². The van der Waals surface area contributed by atoms with Gasteiger partial charge in [0.2, 0.25) is 0 Å². The van der Waals surface area contributed by atoms with Gasteiger partial charge in [-0.1, -0.05) is 6.42 Å². The molecule has 1 aromatic carbocycles. The summed E-state index contributed by atoms with van der Waals surface area (Å²) in [5.41, 5.74) is 2.96. The van der Waals surface area contributed by atoms with E-state index in [1.54, 1.807) is 12.3 Å². The topological polar surface area (TPSA) is 79.1 Å². The van der Waals surface area contributed by atoms with Crippen molar-refractivity contribution >= 4 is 5.82 Å². The van der Waals surface area contributed by atoms with E-state index in [9.17, 15) is 5.11 Å². The molecular formula is C24H27FN6O. The minimum absolute atomic E-state index is 0.00710. The number of aryl methyl sites for hydroxylation is 1. The molecule has 1 saturated carbocycles. The van der Waals surface area contributed by atoms with E-state index in [4.69, 9.17) is 0 Å². The second kappa shape index (κ2) is 7.85. The van der Waals surface area contributed by atoms with Crippen LogP contribution in [-0.2, 0) is 13.0 Å². The average molecular weight is 435 g/mol. The molecular weight excluding hydrogens is 407 g/mol. The maximum atomic E-state index is 15.0. The summed E-state index contributed by atoms with van der Waals surface area (Å²) < 4.78 is 17.0. The van der Waals surface area contributed by atoms with Gasteiger partial charge in [0.25, 0.3) is 0 Å². The number of hydrogen-bond donors (Lipinski definition) is 2. The first-order chi connectivity index (χ1) is 15.7. The smallest absolute Gasteiger partial charge is 0.151 e. The van der Waals surface area contributed by atoms with Gasteiger partial charge in [-0.15, -0.1) is 10.2 Å². The molecule has 166 valence electrons. The van der Waals surface area contributed by atoms with E-state index in [-0.39, 0.29) is 5.75 Å². The first kappa shape index (κ1) is 19.7. The lowest BCUT2D eigenvalue weighted by atomic mass is 9.92. The number of aromatic nitrogens is 4. The van der Waals surface area contributed by atoms with Gasteiger partial charge in [-0.2, -0.15) is 5.10 Å². The predicted molar refractivity (Wildman–Crippen MR) is 120 cm³/mol. The highest BCUT2D eigenvalue weighted by molar-refractivity contribution is 5.76. The summed E-state index contributed by atoms with van der Waals surface area (Å²) in [6.07, 6.45) is 8.58. The van der Waals surface area contributed by atoms with Crippen molar-refractivity contribution < 1.29 is 9.50 Å². The molecule has 8 heteroatoms. The van der Waals surface area contributed by atoms with Crippen molar-refractivity contribution in [2.45, 2.75) is 57.2 Å². The van der Waals surface area contributed by atoms with Crippen LogP contribution in [0.5, 0.6) is 5.75 Å². The second-order valence-corrected chi connectivity index (χ2v) is 9.18. The molecule has 0 bridgehead atoms. The Balaban J connectivity index is 1.21. The number of benzene rings is 1. The van der Waals surface area contributed by atoms with Crippen LogP contribution in [0.25, 0.3) is 22.4 Å². The van der Waals surface area contributed by atoms with Gasteiger partial charge in [0.1, 0.15) is 11.6 Å². The Morgan fingerprint density at radius 1 is 0.969 bits per heavy atom. The van der Waals surface area contributed by atoms with Crippen LogP contribution < -0.4 is 10.2 Å². The van der Waals surface area contributed by atoms with Gasteiger partial charge in [0, 0.05) is 54.1 Å². The highest BCUT2D eigenvalue weighted by Gasteiger charge is 2.28. The van der Waals surface area contributed by atoms with Crippen molar-refractivity contribution in [3.05, 3.63) is 42.0 Å². The largest absolute Gasteiger partial charge is 0.507 e. The molecule has 32 heavy (non-hydrogen) atoms. The van der Waals surface area contributed by atoms with Gasteiger partial charge in [-0.3, -0.25) is 4.68 Å². The molecule has 1 aliphatic carbocycles.